The molecule has 0 saturated heterocycles. The Labute approximate surface area is 215 Å². The Morgan fingerprint density at radius 3 is 2.30 bits per heavy atom. The van der Waals surface area contributed by atoms with Crippen LogP contribution in [0.15, 0.2) is 78.0 Å². The van der Waals surface area contributed by atoms with Crippen LogP contribution in [0.3, 0.4) is 0 Å². The zero-order chi connectivity index (χ0) is 26.6. The van der Waals surface area contributed by atoms with Crippen LogP contribution >= 0.6 is 11.8 Å². The van der Waals surface area contributed by atoms with E-state index >= 15 is 0 Å². The fourth-order valence-corrected chi connectivity index (χ4v) is 4.51. The maximum absolute atomic E-state index is 13.3. The summed E-state index contributed by atoms with van der Waals surface area (Å²) in [6, 6.07) is 18.0. The number of nitrogens with zero attached hydrogens (tertiary/aromatic N) is 3. The van der Waals surface area contributed by atoms with E-state index in [1.54, 1.807) is 34.9 Å². The predicted molar refractivity (Wildman–Crippen MR) is 134 cm³/mol. The lowest BCUT2D eigenvalue weighted by Crippen LogP contribution is -2.22. The molecule has 1 heterocycles. The second-order valence-electron chi connectivity index (χ2n) is 8.67. The van der Waals surface area contributed by atoms with Gasteiger partial charge in [0.15, 0.2) is 5.16 Å². The minimum atomic E-state index is -4.46. The lowest BCUT2D eigenvalue weighted by Gasteiger charge is -2.14. The molecule has 4 aromatic rings. The summed E-state index contributed by atoms with van der Waals surface area (Å²) in [5.41, 5.74) is 1.78. The van der Waals surface area contributed by atoms with Gasteiger partial charge in [-0.1, -0.05) is 55.9 Å². The Morgan fingerprint density at radius 1 is 0.973 bits per heavy atom. The lowest BCUT2D eigenvalue weighted by atomic mass is 10.1. The molecule has 0 radical (unpaired) electrons. The average molecular weight is 529 g/mol. The fourth-order valence-electron chi connectivity index (χ4n) is 3.60. The number of carbonyl (C=O) groups excluding carboxylic acids is 1. The van der Waals surface area contributed by atoms with Gasteiger partial charge in [0.2, 0.25) is 0 Å². The van der Waals surface area contributed by atoms with Crippen LogP contribution in [0.4, 0.5) is 17.6 Å². The molecular weight excluding hydrogens is 504 g/mol. The van der Waals surface area contributed by atoms with Gasteiger partial charge in [-0.3, -0.25) is 9.36 Å². The Kier molecular flexibility index (Phi) is 7.97. The highest BCUT2D eigenvalue weighted by Gasteiger charge is 2.31. The number of benzene rings is 3. The number of hydrogen-bond acceptors (Lipinski definition) is 4. The summed E-state index contributed by atoms with van der Waals surface area (Å²) in [5.74, 6) is 0.401. The summed E-state index contributed by atoms with van der Waals surface area (Å²) in [6.45, 7) is 4.09. The summed E-state index contributed by atoms with van der Waals surface area (Å²) < 4.78 is 54.5. The zero-order valence-corrected chi connectivity index (χ0v) is 20.9. The molecule has 0 unspecified atom stereocenters. The Balaban J connectivity index is 1.45. The molecule has 3 aromatic carbocycles. The smallest absolute Gasteiger partial charge is 0.348 e. The van der Waals surface area contributed by atoms with Crippen molar-refractivity contribution in [2.75, 3.05) is 0 Å². The van der Waals surface area contributed by atoms with Crippen LogP contribution in [0.5, 0.6) is 0 Å². The van der Waals surface area contributed by atoms with Gasteiger partial charge in [0.25, 0.3) is 5.91 Å². The van der Waals surface area contributed by atoms with E-state index in [2.05, 4.69) is 15.5 Å². The Bertz CT molecular complexity index is 1370. The molecule has 192 valence electrons. The van der Waals surface area contributed by atoms with Gasteiger partial charge in [-0.05, 0) is 53.6 Å². The first-order valence-corrected chi connectivity index (χ1v) is 12.5. The normalized spacial score (nSPS) is 11.6. The standard InChI is InChI=1S/C27H24F4N4OS/c1-17(2)24-33-34-26(35(24)23-5-3-4-21(14-23)27(29,30)31)37-16-19-6-10-20(11-7-19)25(36)32-15-18-8-12-22(28)13-9-18/h3-14,17H,15-16H2,1-2H3,(H,32,36). The molecule has 0 aliphatic heterocycles. The number of thioether (sulfide) groups is 1. The number of alkyl halides is 3. The van der Waals surface area contributed by atoms with Crippen molar-refractivity contribution in [2.24, 2.45) is 0 Å². The van der Waals surface area contributed by atoms with Gasteiger partial charge in [-0.25, -0.2) is 4.39 Å². The minimum absolute atomic E-state index is 0.0518. The number of halogens is 4. The largest absolute Gasteiger partial charge is 0.416 e. The molecule has 0 spiro atoms. The van der Waals surface area contributed by atoms with Gasteiger partial charge < -0.3 is 5.32 Å². The Morgan fingerprint density at radius 2 is 1.65 bits per heavy atom. The van der Waals surface area contributed by atoms with Crippen LogP contribution in [0.25, 0.3) is 5.69 Å². The number of aromatic nitrogens is 3. The summed E-state index contributed by atoms with van der Waals surface area (Å²) in [6.07, 6.45) is -4.46. The molecule has 0 saturated carbocycles. The van der Waals surface area contributed by atoms with Crippen molar-refractivity contribution in [1.29, 1.82) is 0 Å². The predicted octanol–water partition coefficient (Wildman–Crippen LogP) is 6.77. The summed E-state index contributed by atoms with van der Waals surface area (Å²) in [7, 11) is 0. The van der Waals surface area contributed by atoms with Crippen molar-refractivity contribution in [1.82, 2.24) is 20.1 Å². The highest BCUT2D eigenvalue weighted by Crippen LogP contribution is 2.33. The molecule has 5 nitrogen and oxygen atoms in total. The second-order valence-corrected chi connectivity index (χ2v) is 9.62. The topological polar surface area (TPSA) is 59.8 Å². The third-order valence-corrected chi connectivity index (χ3v) is 6.56. The highest BCUT2D eigenvalue weighted by molar-refractivity contribution is 7.98. The minimum Gasteiger partial charge on any atom is -0.348 e. The van der Waals surface area contributed by atoms with Crippen LogP contribution < -0.4 is 5.32 Å². The average Bonchev–Trinajstić information content (AvgIpc) is 3.31. The van der Waals surface area contributed by atoms with Gasteiger partial charge in [0, 0.05) is 23.8 Å². The highest BCUT2D eigenvalue weighted by atomic mass is 32.2. The number of nitrogens with one attached hydrogen (secondary N) is 1. The van der Waals surface area contributed by atoms with Crippen molar-refractivity contribution >= 4 is 17.7 Å². The van der Waals surface area contributed by atoms with Crippen molar-refractivity contribution in [3.05, 3.63) is 107 Å². The van der Waals surface area contributed by atoms with Gasteiger partial charge >= 0.3 is 6.18 Å². The van der Waals surface area contributed by atoms with Crippen LogP contribution in [-0.4, -0.2) is 20.7 Å². The molecular formula is C27H24F4N4OS. The van der Waals surface area contributed by atoms with E-state index in [0.717, 1.165) is 23.3 Å². The Hall–Kier alpha value is -3.66. The van der Waals surface area contributed by atoms with Crippen LogP contribution in [0.2, 0.25) is 0 Å². The maximum Gasteiger partial charge on any atom is 0.416 e. The number of amides is 1. The van der Waals surface area contributed by atoms with Crippen molar-refractivity contribution in [3.63, 3.8) is 0 Å². The van der Waals surface area contributed by atoms with E-state index in [4.69, 9.17) is 0 Å². The quantitative estimate of drug-likeness (QED) is 0.203. The van der Waals surface area contributed by atoms with Gasteiger partial charge in [0.1, 0.15) is 11.6 Å². The van der Waals surface area contributed by atoms with E-state index in [9.17, 15) is 22.4 Å². The SMILES string of the molecule is CC(C)c1nnc(SCc2ccc(C(=O)NCc3ccc(F)cc3)cc2)n1-c1cccc(C(F)(F)F)c1. The van der Waals surface area contributed by atoms with Gasteiger partial charge in [-0.15, -0.1) is 10.2 Å². The first-order valence-electron chi connectivity index (χ1n) is 11.5. The van der Waals surface area contributed by atoms with Crippen LogP contribution in [0, 0.1) is 5.82 Å². The van der Waals surface area contributed by atoms with Crippen LogP contribution in [0.1, 0.15) is 52.6 Å². The summed E-state index contributed by atoms with van der Waals surface area (Å²) in [5, 5.41) is 11.7. The molecule has 0 fully saturated rings. The maximum atomic E-state index is 13.3. The van der Waals surface area contributed by atoms with Crippen LogP contribution in [-0.2, 0) is 18.5 Å². The first-order chi connectivity index (χ1) is 17.6. The van der Waals surface area contributed by atoms with Crippen molar-refractivity contribution < 1.29 is 22.4 Å². The molecule has 0 bridgehead atoms. The van der Waals surface area contributed by atoms with Gasteiger partial charge in [0.05, 0.1) is 11.3 Å². The van der Waals surface area contributed by atoms with E-state index in [-0.39, 0.29) is 24.2 Å². The zero-order valence-electron chi connectivity index (χ0n) is 20.1. The van der Waals surface area contributed by atoms with Crippen molar-refractivity contribution in [2.45, 2.75) is 43.4 Å². The number of carbonyl (C=O) groups is 1. The molecule has 0 atom stereocenters. The fraction of sp³-hybridized carbons (Fsp3) is 0.222. The molecule has 0 aliphatic carbocycles. The first kappa shape index (κ1) is 26.4. The van der Waals surface area contributed by atoms with E-state index in [1.807, 2.05) is 26.0 Å². The molecule has 0 aliphatic rings. The monoisotopic (exact) mass is 528 g/mol. The lowest BCUT2D eigenvalue weighted by molar-refractivity contribution is -0.137. The second kappa shape index (κ2) is 11.2. The number of hydrogen-bond donors (Lipinski definition) is 1. The van der Waals surface area contributed by atoms with Crippen molar-refractivity contribution in [3.8, 4) is 5.69 Å². The van der Waals surface area contributed by atoms with E-state index < -0.39 is 11.7 Å². The molecule has 1 N–H and O–H groups in total. The molecule has 37 heavy (non-hydrogen) atoms. The van der Waals surface area contributed by atoms with Gasteiger partial charge in [-0.2, -0.15) is 13.2 Å². The molecule has 1 aromatic heterocycles. The molecule has 1 amide bonds. The molecule has 10 heteroatoms. The molecule has 4 rings (SSSR count). The third-order valence-electron chi connectivity index (χ3n) is 5.56. The summed E-state index contributed by atoms with van der Waals surface area (Å²) in [4.78, 5) is 12.4. The van der Waals surface area contributed by atoms with E-state index in [1.165, 1.54) is 30.0 Å². The number of rotatable bonds is 8. The summed E-state index contributed by atoms with van der Waals surface area (Å²) >= 11 is 1.35. The van der Waals surface area contributed by atoms with E-state index in [0.29, 0.717) is 28.0 Å². The third kappa shape index (κ3) is 6.56.